The molecule has 0 spiro atoms. The van der Waals surface area contributed by atoms with Crippen LogP contribution in [0.5, 0.6) is 0 Å². The predicted octanol–water partition coefficient (Wildman–Crippen LogP) is 3.72. The van der Waals surface area contributed by atoms with Crippen LogP contribution in [0.2, 0.25) is 0 Å². The molecule has 0 radical (unpaired) electrons. The average Bonchev–Trinajstić information content (AvgIpc) is 2.55. The zero-order chi connectivity index (χ0) is 15.8. The molecule has 4 heteroatoms. The molecule has 2 aromatic carbocycles. The number of carbonyl (C=O) groups excluding carboxylic acids is 1. The van der Waals surface area contributed by atoms with Crippen LogP contribution in [0.25, 0.3) is 0 Å². The summed E-state index contributed by atoms with van der Waals surface area (Å²) in [4.78, 5) is 11.8. The molecule has 1 amide bonds. The molecule has 22 heavy (non-hydrogen) atoms. The van der Waals surface area contributed by atoms with Crippen LogP contribution in [-0.4, -0.2) is 19.1 Å². The topological polar surface area (TPSA) is 38.3 Å². The third-order valence-corrected chi connectivity index (χ3v) is 3.33. The second-order valence-corrected chi connectivity index (χ2v) is 5.04. The molecular weight excluding hydrogens is 281 g/mol. The van der Waals surface area contributed by atoms with Gasteiger partial charge < -0.3 is 10.1 Å². The van der Waals surface area contributed by atoms with E-state index in [-0.39, 0.29) is 12.0 Å². The van der Waals surface area contributed by atoms with Crippen LogP contribution in [0.4, 0.5) is 4.39 Å². The standard InChI is InChI=1S/C18H20FNO2/c1-14(15-7-3-2-4-8-15)22-12-6-11-20-18(21)16-9-5-10-17(19)13-16/h2-5,7-10,13-14H,6,11-12H2,1H3,(H,20,21). The van der Waals surface area contributed by atoms with Crippen molar-refractivity contribution in [1.29, 1.82) is 0 Å². The van der Waals surface area contributed by atoms with Crippen LogP contribution in [0, 0.1) is 5.82 Å². The molecule has 0 aromatic heterocycles. The molecule has 0 heterocycles. The summed E-state index contributed by atoms with van der Waals surface area (Å²) in [6, 6.07) is 15.6. The Morgan fingerprint density at radius 1 is 1.18 bits per heavy atom. The predicted molar refractivity (Wildman–Crippen MR) is 84.2 cm³/mol. The van der Waals surface area contributed by atoms with Crippen molar-refractivity contribution in [3.8, 4) is 0 Å². The monoisotopic (exact) mass is 301 g/mol. The first-order valence-corrected chi connectivity index (χ1v) is 7.37. The first-order chi connectivity index (χ1) is 10.7. The Labute approximate surface area is 130 Å². The summed E-state index contributed by atoms with van der Waals surface area (Å²) in [6.45, 7) is 3.05. The molecule has 0 aliphatic carbocycles. The lowest BCUT2D eigenvalue weighted by molar-refractivity contribution is 0.0635. The quantitative estimate of drug-likeness (QED) is 0.791. The molecule has 0 aliphatic rings. The Bertz CT molecular complexity index is 601. The van der Waals surface area contributed by atoms with Gasteiger partial charge >= 0.3 is 0 Å². The maximum Gasteiger partial charge on any atom is 0.251 e. The lowest BCUT2D eigenvalue weighted by Gasteiger charge is -2.13. The van der Waals surface area contributed by atoms with Gasteiger partial charge in [0.25, 0.3) is 5.91 Å². The number of rotatable bonds is 7. The molecular formula is C18H20FNO2. The molecule has 0 saturated carbocycles. The second-order valence-electron chi connectivity index (χ2n) is 5.04. The fraction of sp³-hybridized carbons (Fsp3) is 0.278. The van der Waals surface area contributed by atoms with E-state index in [1.807, 2.05) is 37.3 Å². The van der Waals surface area contributed by atoms with Gasteiger partial charge in [0.1, 0.15) is 5.82 Å². The zero-order valence-electron chi connectivity index (χ0n) is 12.6. The second kappa shape index (κ2) is 8.29. The molecule has 2 rings (SSSR count). The van der Waals surface area contributed by atoms with Crippen LogP contribution in [-0.2, 0) is 4.74 Å². The third kappa shape index (κ3) is 4.97. The van der Waals surface area contributed by atoms with E-state index in [1.54, 1.807) is 6.07 Å². The van der Waals surface area contributed by atoms with Gasteiger partial charge in [-0.15, -0.1) is 0 Å². The smallest absolute Gasteiger partial charge is 0.251 e. The summed E-state index contributed by atoms with van der Waals surface area (Å²) >= 11 is 0. The van der Waals surface area contributed by atoms with Gasteiger partial charge in [0.15, 0.2) is 0 Å². The minimum absolute atomic E-state index is 0.0279. The van der Waals surface area contributed by atoms with Gasteiger partial charge in [0.2, 0.25) is 0 Å². The number of benzene rings is 2. The number of nitrogens with one attached hydrogen (secondary N) is 1. The fourth-order valence-corrected chi connectivity index (χ4v) is 2.09. The van der Waals surface area contributed by atoms with E-state index in [1.165, 1.54) is 18.2 Å². The molecule has 116 valence electrons. The van der Waals surface area contributed by atoms with E-state index in [9.17, 15) is 9.18 Å². The minimum atomic E-state index is -0.410. The number of halogens is 1. The molecule has 2 aromatic rings. The normalized spacial score (nSPS) is 11.9. The van der Waals surface area contributed by atoms with Gasteiger partial charge in [0.05, 0.1) is 6.10 Å². The lowest BCUT2D eigenvalue weighted by atomic mass is 10.1. The average molecular weight is 301 g/mol. The summed E-state index contributed by atoms with van der Waals surface area (Å²) in [5, 5.41) is 2.75. The summed E-state index contributed by atoms with van der Waals surface area (Å²) in [5.74, 6) is -0.678. The molecule has 1 atom stereocenters. The van der Waals surface area contributed by atoms with Crippen molar-refractivity contribution in [3.63, 3.8) is 0 Å². The van der Waals surface area contributed by atoms with Gasteiger partial charge in [0, 0.05) is 18.7 Å². The van der Waals surface area contributed by atoms with Gasteiger partial charge in [-0.05, 0) is 37.1 Å². The molecule has 0 aliphatic heterocycles. The van der Waals surface area contributed by atoms with Gasteiger partial charge in [-0.2, -0.15) is 0 Å². The Morgan fingerprint density at radius 3 is 2.68 bits per heavy atom. The van der Waals surface area contributed by atoms with Crippen molar-refractivity contribution in [2.24, 2.45) is 0 Å². The number of hydrogen-bond acceptors (Lipinski definition) is 2. The van der Waals surface area contributed by atoms with Crippen LogP contribution < -0.4 is 5.32 Å². The molecule has 1 unspecified atom stereocenters. The Morgan fingerprint density at radius 2 is 1.95 bits per heavy atom. The van der Waals surface area contributed by atoms with Crippen LogP contribution in [0.1, 0.15) is 35.4 Å². The molecule has 0 fully saturated rings. The SMILES string of the molecule is CC(OCCCNC(=O)c1cccc(F)c1)c1ccccc1. The number of hydrogen-bond donors (Lipinski definition) is 1. The van der Waals surface area contributed by atoms with Crippen LogP contribution >= 0.6 is 0 Å². The molecule has 0 bridgehead atoms. The zero-order valence-corrected chi connectivity index (χ0v) is 12.6. The first-order valence-electron chi connectivity index (χ1n) is 7.37. The number of carbonyl (C=O) groups is 1. The maximum atomic E-state index is 13.0. The van der Waals surface area contributed by atoms with Gasteiger partial charge in [-0.1, -0.05) is 36.4 Å². The Hall–Kier alpha value is -2.20. The highest BCUT2D eigenvalue weighted by Gasteiger charge is 2.07. The summed E-state index contributed by atoms with van der Waals surface area (Å²) in [6.07, 6.45) is 0.734. The fourth-order valence-electron chi connectivity index (χ4n) is 2.09. The van der Waals surface area contributed by atoms with Crippen LogP contribution in [0.15, 0.2) is 54.6 Å². The van der Waals surface area contributed by atoms with E-state index >= 15 is 0 Å². The highest BCUT2D eigenvalue weighted by atomic mass is 19.1. The minimum Gasteiger partial charge on any atom is -0.374 e. The van der Waals surface area contributed by atoms with E-state index in [0.29, 0.717) is 25.1 Å². The van der Waals surface area contributed by atoms with Crippen molar-refractivity contribution >= 4 is 5.91 Å². The molecule has 1 N–H and O–H groups in total. The summed E-state index contributed by atoms with van der Waals surface area (Å²) < 4.78 is 18.7. The van der Waals surface area contributed by atoms with E-state index < -0.39 is 5.82 Å². The van der Waals surface area contributed by atoms with Crippen LogP contribution in [0.3, 0.4) is 0 Å². The van der Waals surface area contributed by atoms with E-state index in [0.717, 1.165) is 5.56 Å². The van der Waals surface area contributed by atoms with Gasteiger partial charge in [-0.25, -0.2) is 4.39 Å². The molecule has 0 saturated heterocycles. The van der Waals surface area contributed by atoms with Gasteiger partial charge in [-0.3, -0.25) is 4.79 Å². The van der Waals surface area contributed by atoms with Crippen molar-refractivity contribution in [1.82, 2.24) is 5.32 Å². The third-order valence-electron chi connectivity index (χ3n) is 3.33. The number of ether oxygens (including phenoxy) is 1. The maximum absolute atomic E-state index is 13.0. The molecule has 3 nitrogen and oxygen atoms in total. The summed E-state index contributed by atoms with van der Waals surface area (Å²) in [5.41, 5.74) is 1.46. The Balaban J connectivity index is 1.66. The number of amides is 1. The van der Waals surface area contributed by atoms with E-state index in [2.05, 4.69) is 5.32 Å². The lowest BCUT2D eigenvalue weighted by Crippen LogP contribution is -2.25. The highest BCUT2D eigenvalue weighted by molar-refractivity contribution is 5.94. The van der Waals surface area contributed by atoms with Crippen molar-refractivity contribution in [3.05, 3.63) is 71.5 Å². The Kier molecular flexibility index (Phi) is 6.10. The van der Waals surface area contributed by atoms with Crippen molar-refractivity contribution < 1.29 is 13.9 Å². The van der Waals surface area contributed by atoms with Crippen molar-refractivity contribution in [2.45, 2.75) is 19.4 Å². The summed E-state index contributed by atoms with van der Waals surface area (Å²) in [7, 11) is 0. The largest absolute Gasteiger partial charge is 0.374 e. The van der Waals surface area contributed by atoms with Crippen molar-refractivity contribution in [2.75, 3.05) is 13.2 Å². The first kappa shape index (κ1) is 16.2. The highest BCUT2D eigenvalue weighted by Crippen LogP contribution is 2.15. The van der Waals surface area contributed by atoms with E-state index in [4.69, 9.17) is 4.74 Å².